The molecule has 0 saturated carbocycles. The lowest BCUT2D eigenvalue weighted by Gasteiger charge is -2.01. The molecule has 0 bridgehead atoms. The molecule has 1 rings (SSSR count). The van der Waals surface area contributed by atoms with E-state index in [1.165, 1.54) is 6.20 Å². The molecule has 0 saturated heterocycles. The maximum atomic E-state index is 10.4. The summed E-state index contributed by atoms with van der Waals surface area (Å²) in [6.45, 7) is 0.345. The summed E-state index contributed by atoms with van der Waals surface area (Å²) in [6, 6.07) is 0. The third-order valence-electron chi connectivity index (χ3n) is 1.34. The van der Waals surface area contributed by atoms with Gasteiger partial charge in [0.15, 0.2) is 5.69 Å². The van der Waals surface area contributed by atoms with E-state index in [0.717, 1.165) is 6.20 Å². The van der Waals surface area contributed by atoms with Gasteiger partial charge < -0.3 is 9.84 Å². The predicted octanol–water partition coefficient (Wildman–Crippen LogP) is 0.577. The van der Waals surface area contributed by atoms with Crippen molar-refractivity contribution in [3.63, 3.8) is 0 Å². The van der Waals surface area contributed by atoms with Gasteiger partial charge in [-0.3, -0.25) is 0 Å². The summed E-state index contributed by atoms with van der Waals surface area (Å²) in [6.07, 6.45) is 7.87. The predicted molar refractivity (Wildman–Crippen MR) is 47.9 cm³/mol. The molecular formula is C9H8N2O3. The number of ether oxygens (including phenoxy) is 1. The van der Waals surface area contributed by atoms with Gasteiger partial charge in [0.05, 0.1) is 12.4 Å². The molecule has 0 fully saturated rings. The number of hydrogen-bond donors (Lipinski definition) is 1. The van der Waals surface area contributed by atoms with Crippen LogP contribution < -0.4 is 4.74 Å². The Labute approximate surface area is 80.8 Å². The minimum absolute atomic E-state index is 0.116. The van der Waals surface area contributed by atoms with E-state index in [0.29, 0.717) is 13.0 Å². The molecule has 1 heterocycles. The van der Waals surface area contributed by atoms with Crippen molar-refractivity contribution in [2.24, 2.45) is 0 Å². The normalized spacial score (nSPS) is 9.07. The van der Waals surface area contributed by atoms with Gasteiger partial charge in [-0.1, -0.05) is 0 Å². The van der Waals surface area contributed by atoms with Crippen molar-refractivity contribution < 1.29 is 14.6 Å². The number of carboxylic acid groups (broad SMARTS) is 1. The van der Waals surface area contributed by atoms with Crippen LogP contribution in [0.25, 0.3) is 0 Å². The van der Waals surface area contributed by atoms with E-state index in [9.17, 15) is 4.79 Å². The Morgan fingerprint density at radius 2 is 2.36 bits per heavy atom. The van der Waals surface area contributed by atoms with Gasteiger partial charge in [0, 0.05) is 6.42 Å². The molecule has 0 radical (unpaired) electrons. The smallest absolute Gasteiger partial charge is 0.356 e. The quantitative estimate of drug-likeness (QED) is 0.558. The Bertz CT molecular complexity index is 353. The Hall–Kier alpha value is -2.09. The van der Waals surface area contributed by atoms with E-state index in [1.54, 1.807) is 0 Å². The first kappa shape index (κ1) is 9.99. The Balaban J connectivity index is 2.56. The van der Waals surface area contributed by atoms with E-state index < -0.39 is 5.97 Å². The molecule has 0 spiro atoms. The molecule has 0 unspecified atom stereocenters. The van der Waals surface area contributed by atoms with Gasteiger partial charge in [0.2, 0.25) is 5.88 Å². The summed E-state index contributed by atoms with van der Waals surface area (Å²) in [7, 11) is 0. The number of nitrogens with zero attached hydrogens (tertiary/aromatic N) is 2. The summed E-state index contributed by atoms with van der Waals surface area (Å²) in [5, 5.41) is 8.52. The van der Waals surface area contributed by atoms with Crippen LogP contribution in [0.5, 0.6) is 5.88 Å². The number of carboxylic acids is 1. The van der Waals surface area contributed by atoms with E-state index in [1.807, 2.05) is 0 Å². The van der Waals surface area contributed by atoms with Crippen molar-refractivity contribution in [3.05, 3.63) is 18.1 Å². The lowest BCUT2D eigenvalue weighted by atomic mass is 10.4. The van der Waals surface area contributed by atoms with Gasteiger partial charge >= 0.3 is 5.97 Å². The Morgan fingerprint density at radius 3 is 2.86 bits per heavy atom. The highest BCUT2D eigenvalue weighted by Crippen LogP contribution is 2.03. The van der Waals surface area contributed by atoms with E-state index >= 15 is 0 Å². The van der Waals surface area contributed by atoms with E-state index in [-0.39, 0.29) is 11.6 Å². The SMILES string of the molecule is C#CCCOc1cnc(C(=O)O)cn1. The molecule has 72 valence electrons. The van der Waals surface area contributed by atoms with Crippen LogP contribution in [-0.4, -0.2) is 27.7 Å². The second-order valence-electron chi connectivity index (χ2n) is 2.35. The minimum Gasteiger partial charge on any atom is -0.476 e. The van der Waals surface area contributed by atoms with Crippen molar-refractivity contribution in [3.8, 4) is 18.2 Å². The topological polar surface area (TPSA) is 72.3 Å². The molecule has 0 aromatic carbocycles. The maximum absolute atomic E-state index is 10.4. The van der Waals surface area contributed by atoms with Crippen molar-refractivity contribution in [1.29, 1.82) is 0 Å². The van der Waals surface area contributed by atoms with Gasteiger partial charge in [0.25, 0.3) is 0 Å². The Morgan fingerprint density at radius 1 is 1.57 bits per heavy atom. The maximum Gasteiger partial charge on any atom is 0.356 e. The van der Waals surface area contributed by atoms with Crippen molar-refractivity contribution in [2.75, 3.05) is 6.61 Å². The fourth-order valence-corrected chi connectivity index (χ4v) is 0.716. The molecule has 0 atom stereocenters. The zero-order valence-corrected chi connectivity index (χ0v) is 7.30. The molecule has 0 aliphatic carbocycles. The summed E-state index contributed by atoms with van der Waals surface area (Å²) in [5.74, 6) is 1.55. The second kappa shape index (κ2) is 4.82. The average Bonchev–Trinajstić information content (AvgIpc) is 2.19. The fraction of sp³-hybridized carbons (Fsp3) is 0.222. The van der Waals surface area contributed by atoms with Gasteiger partial charge in [-0.25, -0.2) is 14.8 Å². The minimum atomic E-state index is -1.12. The first-order valence-electron chi connectivity index (χ1n) is 3.85. The monoisotopic (exact) mass is 192 g/mol. The zero-order chi connectivity index (χ0) is 10.4. The number of aromatic carboxylic acids is 1. The van der Waals surface area contributed by atoms with Gasteiger partial charge in [0.1, 0.15) is 6.61 Å². The van der Waals surface area contributed by atoms with Gasteiger partial charge in [-0.05, 0) is 0 Å². The molecule has 1 aromatic heterocycles. The van der Waals surface area contributed by atoms with Crippen LogP contribution in [-0.2, 0) is 0 Å². The first-order valence-corrected chi connectivity index (χ1v) is 3.85. The highest BCUT2D eigenvalue weighted by atomic mass is 16.5. The number of hydrogen-bond acceptors (Lipinski definition) is 4. The molecule has 1 N–H and O–H groups in total. The number of aromatic nitrogens is 2. The molecule has 14 heavy (non-hydrogen) atoms. The summed E-state index contributed by atoms with van der Waals surface area (Å²) in [4.78, 5) is 17.8. The molecule has 5 heteroatoms. The Kier molecular flexibility index (Phi) is 3.44. The molecular weight excluding hydrogens is 184 g/mol. The van der Waals surface area contributed by atoms with Crippen molar-refractivity contribution in [2.45, 2.75) is 6.42 Å². The van der Waals surface area contributed by atoms with Crippen LogP contribution in [0.4, 0.5) is 0 Å². The number of terminal acetylenes is 1. The third kappa shape index (κ3) is 2.75. The average molecular weight is 192 g/mol. The fourth-order valence-electron chi connectivity index (χ4n) is 0.716. The highest BCUT2D eigenvalue weighted by Gasteiger charge is 2.04. The molecule has 0 aliphatic heterocycles. The van der Waals surface area contributed by atoms with Crippen LogP contribution in [0.3, 0.4) is 0 Å². The highest BCUT2D eigenvalue weighted by molar-refractivity contribution is 5.84. The largest absolute Gasteiger partial charge is 0.476 e. The van der Waals surface area contributed by atoms with Gasteiger partial charge in [-0.2, -0.15) is 0 Å². The van der Waals surface area contributed by atoms with Crippen LogP contribution in [0.2, 0.25) is 0 Å². The number of rotatable bonds is 4. The third-order valence-corrected chi connectivity index (χ3v) is 1.34. The summed E-state index contributed by atoms with van der Waals surface area (Å²) < 4.78 is 5.07. The van der Waals surface area contributed by atoms with Crippen molar-refractivity contribution in [1.82, 2.24) is 9.97 Å². The van der Waals surface area contributed by atoms with Crippen LogP contribution in [0.15, 0.2) is 12.4 Å². The molecule has 0 aliphatic rings. The van der Waals surface area contributed by atoms with Crippen molar-refractivity contribution >= 4 is 5.97 Å². The lowest BCUT2D eigenvalue weighted by molar-refractivity contribution is 0.0690. The summed E-state index contributed by atoms with van der Waals surface area (Å²) >= 11 is 0. The zero-order valence-electron chi connectivity index (χ0n) is 7.30. The lowest BCUT2D eigenvalue weighted by Crippen LogP contribution is -2.03. The van der Waals surface area contributed by atoms with E-state index in [2.05, 4.69) is 15.9 Å². The molecule has 1 aromatic rings. The van der Waals surface area contributed by atoms with Crippen LogP contribution in [0, 0.1) is 12.3 Å². The first-order chi connectivity index (χ1) is 6.74. The van der Waals surface area contributed by atoms with Gasteiger partial charge in [-0.15, -0.1) is 12.3 Å². The van der Waals surface area contributed by atoms with Crippen LogP contribution in [0.1, 0.15) is 16.9 Å². The standard InChI is InChI=1S/C9H8N2O3/c1-2-3-4-14-8-6-10-7(5-11-8)9(12)13/h1,5-6H,3-4H2,(H,12,13). The summed E-state index contributed by atoms with van der Waals surface area (Å²) in [5.41, 5.74) is -0.116. The number of carbonyl (C=O) groups is 1. The molecule has 0 amide bonds. The molecule has 5 nitrogen and oxygen atoms in total. The second-order valence-corrected chi connectivity index (χ2v) is 2.35. The van der Waals surface area contributed by atoms with E-state index in [4.69, 9.17) is 16.3 Å². The van der Waals surface area contributed by atoms with Crippen LogP contribution >= 0.6 is 0 Å².